The number of nitrogens with zero attached hydrogens (tertiary/aromatic N) is 3. The first-order valence-corrected chi connectivity index (χ1v) is 14.8. The Morgan fingerprint density at radius 2 is 1.88 bits per heavy atom. The Kier molecular flexibility index (Phi) is 7.91. The van der Waals surface area contributed by atoms with E-state index in [1.165, 1.54) is 12.8 Å². The van der Waals surface area contributed by atoms with Gasteiger partial charge in [0.05, 0.1) is 6.20 Å². The third-order valence-corrected chi connectivity index (χ3v) is 8.70. The van der Waals surface area contributed by atoms with Gasteiger partial charge in [-0.2, -0.15) is 4.98 Å². The molecule has 1 saturated carbocycles. The van der Waals surface area contributed by atoms with Gasteiger partial charge in [-0.1, -0.05) is 36.6 Å². The van der Waals surface area contributed by atoms with E-state index in [-0.39, 0.29) is 17.9 Å². The highest BCUT2D eigenvalue weighted by Crippen LogP contribution is 2.32. The van der Waals surface area contributed by atoms with Crippen LogP contribution in [0.2, 0.25) is 5.02 Å². The van der Waals surface area contributed by atoms with Gasteiger partial charge in [-0.3, -0.25) is 4.79 Å². The molecule has 0 spiro atoms. The number of rotatable bonds is 3. The maximum absolute atomic E-state index is 13.3. The van der Waals surface area contributed by atoms with E-state index in [0.717, 1.165) is 54.7 Å². The van der Waals surface area contributed by atoms with E-state index in [1.54, 1.807) is 6.20 Å². The Bertz CT molecular complexity index is 1330. The lowest BCUT2D eigenvalue weighted by molar-refractivity contribution is -0.121. The Balaban J connectivity index is 1.14. The summed E-state index contributed by atoms with van der Waals surface area (Å²) < 4.78 is 0. The average Bonchev–Trinajstić information content (AvgIpc) is 3.48. The quantitative estimate of drug-likeness (QED) is 0.366. The van der Waals surface area contributed by atoms with Crippen molar-refractivity contribution in [3.8, 4) is 0 Å². The van der Waals surface area contributed by atoms with Crippen LogP contribution in [-0.2, 0) is 11.2 Å². The summed E-state index contributed by atoms with van der Waals surface area (Å²) in [5.41, 5.74) is 3.80. The van der Waals surface area contributed by atoms with Gasteiger partial charge in [0, 0.05) is 42.1 Å². The Hall–Kier alpha value is -3.59. The van der Waals surface area contributed by atoms with E-state index in [0.29, 0.717) is 54.7 Å². The first-order valence-electron chi connectivity index (χ1n) is 14.4. The molecule has 1 aromatic carbocycles. The van der Waals surface area contributed by atoms with Crippen LogP contribution in [0, 0.1) is 11.8 Å². The zero-order valence-corrected chi connectivity index (χ0v) is 23.3. The van der Waals surface area contributed by atoms with Gasteiger partial charge in [0.1, 0.15) is 5.02 Å². The maximum Gasteiger partial charge on any atom is 0.317 e. The van der Waals surface area contributed by atoms with Crippen LogP contribution >= 0.6 is 11.6 Å². The topological polar surface area (TPSA) is 111 Å². The molecule has 4 N–H and O–H groups in total. The van der Waals surface area contributed by atoms with Crippen molar-refractivity contribution in [1.29, 1.82) is 0 Å². The number of urea groups is 1. The van der Waals surface area contributed by atoms with Crippen LogP contribution < -0.4 is 21.3 Å². The molecule has 0 radical (unpaired) electrons. The van der Waals surface area contributed by atoms with Crippen molar-refractivity contribution in [2.45, 2.75) is 63.8 Å². The Morgan fingerprint density at radius 3 is 2.70 bits per heavy atom. The molecule has 2 aliphatic carbocycles. The molecule has 2 aliphatic heterocycles. The maximum atomic E-state index is 13.3. The molecule has 10 heteroatoms. The number of benzene rings is 1. The van der Waals surface area contributed by atoms with Gasteiger partial charge in [0.2, 0.25) is 11.9 Å². The molecular formula is C30H36ClN7O2. The minimum absolute atomic E-state index is 0.0148. The molecule has 2 aromatic rings. The predicted molar refractivity (Wildman–Crippen MR) is 158 cm³/mol. The molecule has 9 nitrogen and oxygen atoms in total. The fraction of sp³-hybridized carbons (Fsp3) is 0.467. The lowest BCUT2D eigenvalue weighted by Crippen LogP contribution is -2.48. The molecule has 3 amide bonds. The highest BCUT2D eigenvalue weighted by Gasteiger charge is 2.29. The lowest BCUT2D eigenvalue weighted by atomic mass is 9.91. The molecule has 6 rings (SSSR count). The number of aromatic nitrogens is 2. The smallest absolute Gasteiger partial charge is 0.317 e. The second kappa shape index (κ2) is 11.9. The number of hydrogen-bond acceptors (Lipinski definition) is 6. The number of halogens is 1. The minimum atomic E-state index is -0.117. The van der Waals surface area contributed by atoms with Crippen molar-refractivity contribution in [1.82, 2.24) is 20.2 Å². The van der Waals surface area contributed by atoms with Crippen LogP contribution in [0.1, 0.15) is 56.9 Å². The van der Waals surface area contributed by atoms with Crippen LogP contribution in [0.3, 0.4) is 0 Å². The highest BCUT2D eigenvalue weighted by molar-refractivity contribution is 6.32. The lowest BCUT2D eigenvalue weighted by Gasteiger charge is -2.32. The van der Waals surface area contributed by atoms with E-state index in [1.807, 2.05) is 17.0 Å². The summed E-state index contributed by atoms with van der Waals surface area (Å²) >= 11 is 6.40. The molecular weight excluding hydrogens is 526 g/mol. The van der Waals surface area contributed by atoms with Crippen LogP contribution in [0.25, 0.3) is 0 Å². The Morgan fingerprint density at radius 1 is 1.05 bits per heavy atom. The van der Waals surface area contributed by atoms with E-state index in [9.17, 15) is 9.59 Å². The van der Waals surface area contributed by atoms with Gasteiger partial charge >= 0.3 is 6.03 Å². The molecule has 210 valence electrons. The van der Waals surface area contributed by atoms with E-state index >= 15 is 0 Å². The minimum Gasteiger partial charge on any atom is -0.339 e. The highest BCUT2D eigenvalue weighted by atomic mass is 35.5. The summed E-state index contributed by atoms with van der Waals surface area (Å²) in [4.78, 5) is 36.8. The van der Waals surface area contributed by atoms with Crippen molar-refractivity contribution in [3.05, 3.63) is 58.9 Å². The first-order chi connectivity index (χ1) is 19.5. The number of nitrogens with one attached hydrogen (secondary N) is 4. The summed E-state index contributed by atoms with van der Waals surface area (Å²) in [6, 6.07) is 6.27. The SMILES string of the molecule is O=C(Nc1ccc2cc1CCC1C=CC=C(C1)Nc1ncc(Cl)c(n1)N2)C1CCN(C(=O)NC2CCCC2)CC1. The van der Waals surface area contributed by atoms with Crippen LogP contribution in [0.4, 0.5) is 27.9 Å². The summed E-state index contributed by atoms with van der Waals surface area (Å²) in [5.74, 6) is 1.28. The molecule has 1 unspecified atom stereocenters. The monoisotopic (exact) mass is 561 g/mol. The number of piperidine rings is 1. The van der Waals surface area contributed by atoms with Gasteiger partial charge in [-0.15, -0.1) is 0 Å². The number of aryl methyl sites for hydroxylation is 1. The molecule has 1 aromatic heterocycles. The number of allylic oxidation sites excluding steroid dienone is 4. The fourth-order valence-corrected chi connectivity index (χ4v) is 6.23. The van der Waals surface area contributed by atoms with E-state index in [2.05, 4.69) is 55.5 Å². The van der Waals surface area contributed by atoms with E-state index < -0.39 is 0 Å². The van der Waals surface area contributed by atoms with E-state index in [4.69, 9.17) is 11.6 Å². The van der Waals surface area contributed by atoms with Gasteiger partial charge in [0.25, 0.3) is 0 Å². The summed E-state index contributed by atoms with van der Waals surface area (Å²) in [6.07, 6.45) is 16.4. The molecule has 2 fully saturated rings. The normalized spacial score (nSPS) is 21.2. The second-order valence-corrected chi connectivity index (χ2v) is 11.7. The zero-order chi connectivity index (χ0) is 27.5. The third kappa shape index (κ3) is 6.25. The van der Waals surface area contributed by atoms with Crippen LogP contribution in [-0.4, -0.2) is 45.9 Å². The van der Waals surface area contributed by atoms with Crippen molar-refractivity contribution >= 4 is 46.7 Å². The zero-order valence-electron chi connectivity index (χ0n) is 22.6. The number of anilines is 4. The predicted octanol–water partition coefficient (Wildman–Crippen LogP) is 5.99. The van der Waals surface area contributed by atoms with Crippen molar-refractivity contribution in [3.63, 3.8) is 0 Å². The van der Waals surface area contributed by atoms with Gasteiger partial charge < -0.3 is 26.2 Å². The number of likely N-dealkylation sites (tertiary alicyclic amines) is 1. The molecule has 40 heavy (non-hydrogen) atoms. The first kappa shape index (κ1) is 26.6. The van der Waals surface area contributed by atoms with Crippen molar-refractivity contribution in [2.24, 2.45) is 11.8 Å². The standard InChI is InChI=1S/C30H36ClN7O2/c31-25-18-32-29-34-23-7-3-4-19(16-23)8-9-21-17-24(33-27(25)37-29)10-11-26(21)36-28(39)20-12-14-38(15-13-20)30(40)35-22-5-1-2-6-22/h3-4,7,10-11,17-20,22H,1-2,5-6,8-9,12-16H2,(H,35,40)(H,36,39)(H2,32,33,34,37). The van der Waals surface area contributed by atoms with Gasteiger partial charge in [-0.25, -0.2) is 9.78 Å². The van der Waals surface area contributed by atoms with Gasteiger partial charge in [-0.05, 0) is 80.7 Å². The molecule has 3 heterocycles. The third-order valence-electron chi connectivity index (χ3n) is 8.43. The number of fused-ring (bicyclic) bond motifs is 6. The van der Waals surface area contributed by atoms with Crippen molar-refractivity contribution in [2.75, 3.05) is 29.0 Å². The second-order valence-electron chi connectivity index (χ2n) is 11.3. The number of carbonyl (C=O) groups is 2. The fourth-order valence-electron chi connectivity index (χ4n) is 6.09. The van der Waals surface area contributed by atoms with Crippen LogP contribution in [0.5, 0.6) is 0 Å². The molecule has 1 atom stereocenters. The number of hydrogen-bond donors (Lipinski definition) is 4. The van der Waals surface area contributed by atoms with Crippen molar-refractivity contribution < 1.29 is 9.59 Å². The summed E-state index contributed by atoms with van der Waals surface area (Å²) in [7, 11) is 0. The molecule has 4 aliphatic rings. The van der Waals surface area contributed by atoms with Crippen LogP contribution in [0.15, 0.2) is 48.3 Å². The summed E-state index contributed by atoms with van der Waals surface area (Å²) in [5, 5.41) is 13.5. The molecule has 1 saturated heterocycles. The number of amides is 3. The Labute approximate surface area is 239 Å². The van der Waals surface area contributed by atoms with Gasteiger partial charge in [0.15, 0.2) is 5.82 Å². The summed E-state index contributed by atoms with van der Waals surface area (Å²) in [6.45, 7) is 1.21. The largest absolute Gasteiger partial charge is 0.339 e. The molecule has 6 bridgehead atoms. The average molecular weight is 562 g/mol. The number of carbonyl (C=O) groups excluding carboxylic acids is 2.